The standard InChI is InChI=1S/C27H19Cl2N3O5S/c28-20-13-21(29)15-22(14-20)38(36,37)32-11-3-6-25(32)26(33)31-24(27(34)35)12-17-7-9-18(10-8-17)23-5-2-1-4-19(23)16-30/h1-11,13-15,24H,12H2,(H,31,33)(H,34,35)/t24-/m0/s1. The van der Waals surface area contributed by atoms with E-state index in [4.69, 9.17) is 23.2 Å². The number of nitrogens with one attached hydrogen (secondary N) is 1. The van der Waals surface area contributed by atoms with Gasteiger partial charge >= 0.3 is 5.97 Å². The second kappa shape index (κ2) is 11.1. The van der Waals surface area contributed by atoms with Gasteiger partial charge < -0.3 is 10.4 Å². The van der Waals surface area contributed by atoms with Crippen molar-refractivity contribution in [1.29, 1.82) is 5.26 Å². The van der Waals surface area contributed by atoms with Crippen LogP contribution < -0.4 is 5.32 Å². The van der Waals surface area contributed by atoms with E-state index < -0.39 is 27.9 Å². The van der Waals surface area contributed by atoms with Crippen LogP contribution in [0.2, 0.25) is 10.0 Å². The number of hydrogen-bond donors (Lipinski definition) is 2. The highest BCUT2D eigenvalue weighted by molar-refractivity contribution is 7.90. The lowest BCUT2D eigenvalue weighted by molar-refractivity contribution is -0.139. The Morgan fingerprint density at radius 2 is 1.63 bits per heavy atom. The van der Waals surface area contributed by atoms with Gasteiger partial charge in [0.15, 0.2) is 0 Å². The van der Waals surface area contributed by atoms with Crippen LogP contribution in [0.4, 0.5) is 0 Å². The number of rotatable bonds is 8. The fourth-order valence-corrected chi connectivity index (χ4v) is 5.93. The summed E-state index contributed by atoms with van der Waals surface area (Å²) in [4.78, 5) is 24.7. The number of aliphatic carboxylic acids is 1. The van der Waals surface area contributed by atoms with E-state index in [0.717, 1.165) is 15.1 Å². The molecular weight excluding hydrogens is 549 g/mol. The second-order valence-electron chi connectivity index (χ2n) is 8.22. The van der Waals surface area contributed by atoms with Crippen LogP contribution in [0, 0.1) is 11.3 Å². The highest BCUT2D eigenvalue weighted by Gasteiger charge is 2.27. The molecule has 1 atom stereocenters. The SMILES string of the molecule is N#Cc1ccccc1-c1ccc(C[C@H](NC(=O)c2cccn2S(=O)(=O)c2cc(Cl)cc(Cl)c2)C(=O)O)cc1. The summed E-state index contributed by atoms with van der Waals surface area (Å²) < 4.78 is 27.1. The molecule has 0 aliphatic rings. The van der Waals surface area contributed by atoms with Gasteiger partial charge in [-0.25, -0.2) is 17.2 Å². The number of carboxylic acid groups (broad SMARTS) is 1. The third kappa shape index (κ3) is 5.73. The van der Waals surface area contributed by atoms with E-state index in [-0.39, 0.29) is 27.1 Å². The molecule has 4 rings (SSSR count). The summed E-state index contributed by atoms with van der Waals surface area (Å²) in [5.74, 6) is -2.18. The number of carbonyl (C=O) groups is 2. The molecule has 0 radical (unpaired) electrons. The Balaban J connectivity index is 1.55. The van der Waals surface area contributed by atoms with Gasteiger partial charge in [-0.3, -0.25) is 4.79 Å². The Morgan fingerprint density at radius 3 is 2.26 bits per heavy atom. The lowest BCUT2D eigenvalue weighted by Crippen LogP contribution is -2.43. The van der Waals surface area contributed by atoms with Crippen LogP contribution in [0.5, 0.6) is 0 Å². The summed E-state index contributed by atoms with van der Waals surface area (Å²) in [6.45, 7) is 0. The maximum atomic E-state index is 13.2. The third-order valence-electron chi connectivity index (χ3n) is 5.69. The Morgan fingerprint density at radius 1 is 0.974 bits per heavy atom. The summed E-state index contributed by atoms with van der Waals surface area (Å²) in [5.41, 5.74) is 2.37. The van der Waals surface area contributed by atoms with E-state index in [0.29, 0.717) is 11.1 Å². The number of amides is 1. The zero-order valence-corrected chi connectivity index (χ0v) is 21.8. The number of halogens is 2. The first kappa shape index (κ1) is 26.9. The van der Waals surface area contributed by atoms with Crippen molar-refractivity contribution in [1.82, 2.24) is 9.29 Å². The van der Waals surface area contributed by atoms with Crippen molar-refractivity contribution in [3.63, 3.8) is 0 Å². The molecule has 0 saturated heterocycles. The Hall–Kier alpha value is -4.10. The molecule has 0 aliphatic carbocycles. The van der Waals surface area contributed by atoms with Gasteiger partial charge in [0.2, 0.25) is 0 Å². The van der Waals surface area contributed by atoms with Crippen molar-refractivity contribution >= 4 is 45.1 Å². The normalized spacial score (nSPS) is 11.9. The van der Waals surface area contributed by atoms with E-state index in [9.17, 15) is 28.4 Å². The van der Waals surface area contributed by atoms with Crippen molar-refractivity contribution in [2.45, 2.75) is 17.4 Å². The predicted molar refractivity (Wildman–Crippen MR) is 143 cm³/mol. The Labute approximate surface area is 228 Å². The van der Waals surface area contributed by atoms with E-state index in [1.165, 1.54) is 36.5 Å². The van der Waals surface area contributed by atoms with Gasteiger partial charge in [0.05, 0.1) is 16.5 Å². The molecule has 0 spiro atoms. The molecule has 3 aromatic carbocycles. The van der Waals surface area contributed by atoms with Crippen molar-refractivity contribution in [2.24, 2.45) is 0 Å². The molecule has 8 nitrogen and oxygen atoms in total. The molecule has 1 heterocycles. The summed E-state index contributed by atoms with van der Waals surface area (Å²) in [6.07, 6.45) is 1.12. The maximum absolute atomic E-state index is 13.2. The number of hydrogen-bond acceptors (Lipinski definition) is 5. The molecule has 11 heteroatoms. The van der Waals surface area contributed by atoms with Crippen molar-refractivity contribution in [3.05, 3.63) is 112 Å². The summed E-state index contributed by atoms with van der Waals surface area (Å²) in [6, 6.07) is 21.2. The third-order valence-corrected chi connectivity index (χ3v) is 7.80. The maximum Gasteiger partial charge on any atom is 0.326 e. The highest BCUT2D eigenvalue weighted by Crippen LogP contribution is 2.26. The quantitative estimate of drug-likeness (QED) is 0.308. The first-order chi connectivity index (χ1) is 18.1. The average molecular weight is 568 g/mol. The molecule has 2 N–H and O–H groups in total. The first-order valence-electron chi connectivity index (χ1n) is 11.1. The highest BCUT2D eigenvalue weighted by atomic mass is 35.5. The van der Waals surface area contributed by atoms with Crippen LogP contribution >= 0.6 is 23.2 Å². The topological polar surface area (TPSA) is 129 Å². The minimum Gasteiger partial charge on any atom is -0.480 e. The molecule has 1 aromatic heterocycles. The van der Waals surface area contributed by atoms with Crippen molar-refractivity contribution < 1.29 is 23.1 Å². The number of aromatic nitrogens is 1. The molecular formula is C27H19Cl2N3O5S. The van der Waals surface area contributed by atoms with Gasteiger partial charge in [-0.05, 0) is 53.1 Å². The molecule has 0 bridgehead atoms. The molecule has 0 saturated carbocycles. The molecule has 38 heavy (non-hydrogen) atoms. The van der Waals surface area contributed by atoms with Gasteiger partial charge in [0.25, 0.3) is 15.9 Å². The molecule has 0 unspecified atom stereocenters. The minimum atomic E-state index is -4.25. The van der Waals surface area contributed by atoms with E-state index in [2.05, 4.69) is 11.4 Å². The summed E-state index contributed by atoms with van der Waals surface area (Å²) in [7, 11) is -4.25. The lowest BCUT2D eigenvalue weighted by Gasteiger charge is -2.16. The Bertz CT molecular complexity index is 1660. The largest absolute Gasteiger partial charge is 0.480 e. The molecule has 4 aromatic rings. The minimum absolute atomic E-state index is 0.0569. The van der Waals surface area contributed by atoms with Crippen LogP contribution in [0.25, 0.3) is 11.1 Å². The molecule has 192 valence electrons. The molecule has 0 aliphatic heterocycles. The van der Waals surface area contributed by atoms with Crippen LogP contribution in [0.1, 0.15) is 21.6 Å². The van der Waals surface area contributed by atoms with Gasteiger partial charge in [-0.1, -0.05) is 65.7 Å². The van der Waals surface area contributed by atoms with E-state index in [1.54, 1.807) is 36.4 Å². The number of nitriles is 1. The monoisotopic (exact) mass is 567 g/mol. The number of benzene rings is 3. The molecule has 0 fully saturated rings. The van der Waals surface area contributed by atoms with E-state index >= 15 is 0 Å². The lowest BCUT2D eigenvalue weighted by atomic mass is 9.97. The van der Waals surface area contributed by atoms with Crippen molar-refractivity contribution in [3.8, 4) is 17.2 Å². The van der Waals surface area contributed by atoms with Crippen LogP contribution in [0.15, 0.2) is 90.0 Å². The van der Waals surface area contributed by atoms with Crippen LogP contribution in [-0.4, -0.2) is 35.4 Å². The van der Waals surface area contributed by atoms with Crippen molar-refractivity contribution in [2.75, 3.05) is 0 Å². The van der Waals surface area contributed by atoms with Gasteiger partial charge in [0.1, 0.15) is 11.7 Å². The van der Waals surface area contributed by atoms with Gasteiger partial charge in [-0.15, -0.1) is 0 Å². The fourth-order valence-electron chi connectivity index (χ4n) is 3.86. The number of carboxylic acids is 1. The predicted octanol–water partition coefficient (Wildman–Crippen LogP) is 5.00. The zero-order valence-electron chi connectivity index (χ0n) is 19.5. The Kier molecular flexibility index (Phi) is 7.88. The van der Waals surface area contributed by atoms with Gasteiger partial charge in [-0.2, -0.15) is 5.26 Å². The van der Waals surface area contributed by atoms with Crippen LogP contribution in [-0.2, 0) is 21.2 Å². The summed E-state index contributed by atoms with van der Waals surface area (Å²) in [5, 5.41) is 21.7. The fraction of sp³-hybridized carbons (Fsp3) is 0.0741. The number of nitrogens with zero attached hydrogens (tertiary/aromatic N) is 2. The summed E-state index contributed by atoms with van der Waals surface area (Å²) >= 11 is 11.9. The smallest absolute Gasteiger partial charge is 0.326 e. The molecule has 1 amide bonds. The zero-order chi connectivity index (χ0) is 27.4. The number of carbonyl (C=O) groups excluding carboxylic acids is 1. The first-order valence-corrected chi connectivity index (χ1v) is 13.3. The average Bonchev–Trinajstić information content (AvgIpc) is 3.39. The second-order valence-corrected chi connectivity index (χ2v) is 10.9. The van der Waals surface area contributed by atoms with E-state index in [1.807, 2.05) is 12.1 Å². The van der Waals surface area contributed by atoms with Crippen LogP contribution in [0.3, 0.4) is 0 Å². The van der Waals surface area contributed by atoms with Gasteiger partial charge in [0, 0.05) is 22.7 Å².